The maximum Gasteiger partial charge on any atom is 0.146 e. The fourth-order valence-electron chi connectivity index (χ4n) is 2.50. The summed E-state index contributed by atoms with van der Waals surface area (Å²) in [7, 11) is 0. The van der Waals surface area contributed by atoms with Gasteiger partial charge in [-0.05, 0) is 44.9 Å². The van der Waals surface area contributed by atoms with Crippen LogP contribution in [0.5, 0.6) is 0 Å². The van der Waals surface area contributed by atoms with Crippen molar-refractivity contribution in [3.05, 3.63) is 24.3 Å². The van der Waals surface area contributed by atoms with Crippen molar-refractivity contribution in [2.24, 2.45) is 0 Å². The lowest BCUT2D eigenvalue weighted by Gasteiger charge is -2.02. The van der Waals surface area contributed by atoms with Crippen molar-refractivity contribution in [3.8, 4) is 0 Å². The maximum absolute atomic E-state index is 5.38. The number of rotatable bonds is 19. The third-order valence-corrected chi connectivity index (χ3v) is 3.99. The molecule has 0 saturated carbocycles. The molecule has 0 fully saturated rings. The highest BCUT2D eigenvalue weighted by molar-refractivity contribution is 4.82. The fourth-order valence-corrected chi connectivity index (χ4v) is 2.50. The monoisotopic (exact) mass is 338 g/mol. The maximum atomic E-state index is 5.38. The first-order valence-corrected chi connectivity index (χ1v) is 10.4. The molecule has 0 aromatic heterocycles. The van der Waals surface area contributed by atoms with Crippen molar-refractivity contribution in [2.45, 2.75) is 97.3 Å². The molecule has 2 nitrogen and oxygen atoms in total. The van der Waals surface area contributed by atoms with Crippen LogP contribution in [0.2, 0.25) is 0 Å². The van der Waals surface area contributed by atoms with Gasteiger partial charge in [0.05, 0.1) is 6.61 Å². The van der Waals surface area contributed by atoms with Gasteiger partial charge in [-0.3, -0.25) is 0 Å². The van der Waals surface area contributed by atoms with E-state index in [1.807, 2.05) is 0 Å². The molecule has 0 aliphatic heterocycles. The van der Waals surface area contributed by atoms with Crippen molar-refractivity contribution < 1.29 is 9.47 Å². The Morgan fingerprint density at radius 1 is 0.500 bits per heavy atom. The van der Waals surface area contributed by atoms with Crippen LogP contribution in [0.1, 0.15) is 97.3 Å². The van der Waals surface area contributed by atoms with Gasteiger partial charge in [0.15, 0.2) is 0 Å². The van der Waals surface area contributed by atoms with Gasteiger partial charge in [0.1, 0.15) is 6.79 Å². The Kier molecular flexibility index (Phi) is 21.8. The van der Waals surface area contributed by atoms with E-state index in [9.17, 15) is 0 Å². The molecule has 2 heteroatoms. The molecule has 0 N–H and O–H groups in total. The predicted octanol–water partition coefficient (Wildman–Crippen LogP) is 7.20. The lowest BCUT2D eigenvalue weighted by Crippen LogP contribution is -2.01. The zero-order chi connectivity index (χ0) is 17.6. The van der Waals surface area contributed by atoms with E-state index in [0.29, 0.717) is 6.79 Å². The Balaban J connectivity index is 3.09. The van der Waals surface area contributed by atoms with E-state index in [-0.39, 0.29) is 0 Å². The summed E-state index contributed by atoms with van der Waals surface area (Å²) in [4.78, 5) is 0. The van der Waals surface area contributed by atoms with Crippen LogP contribution >= 0.6 is 0 Å². The van der Waals surface area contributed by atoms with Gasteiger partial charge in [0.25, 0.3) is 0 Å². The summed E-state index contributed by atoms with van der Waals surface area (Å²) in [6.45, 7) is 6.37. The molecule has 0 rings (SSSR count). The summed E-state index contributed by atoms with van der Waals surface area (Å²) in [5.74, 6) is 0. The SMILES string of the molecule is CCCC/C=C\CCCCCCCC/C=C\CCOCOCCC. The Bertz CT molecular complexity index is 271. The first-order valence-electron chi connectivity index (χ1n) is 10.4. The first kappa shape index (κ1) is 23.4. The molecule has 0 spiro atoms. The molecule has 0 aromatic carbocycles. The number of unbranched alkanes of at least 4 members (excludes halogenated alkanes) is 9. The number of ether oxygens (including phenoxy) is 2. The second-order valence-corrected chi connectivity index (χ2v) is 6.51. The van der Waals surface area contributed by atoms with Crippen molar-refractivity contribution in [1.82, 2.24) is 0 Å². The smallest absolute Gasteiger partial charge is 0.146 e. The average molecular weight is 339 g/mol. The predicted molar refractivity (Wildman–Crippen MR) is 106 cm³/mol. The Labute approximate surface area is 151 Å². The van der Waals surface area contributed by atoms with E-state index >= 15 is 0 Å². The number of hydrogen-bond acceptors (Lipinski definition) is 2. The third-order valence-electron chi connectivity index (χ3n) is 3.99. The van der Waals surface area contributed by atoms with Gasteiger partial charge in [-0.1, -0.05) is 76.7 Å². The molecule has 142 valence electrons. The summed E-state index contributed by atoms with van der Waals surface area (Å²) in [6, 6.07) is 0. The molecule has 24 heavy (non-hydrogen) atoms. The molecular weight excluding hydrogens is 296 g/mol. The van der Waals surface area contributed by atoms with E-state index < -0.39 is 0 Å². The lowest BCUT2D eigenvalue weighted by molar-refractivity contribution is -0.0519. The molecule has 0 aliphatic carbocycles. The van der Waals surface area contributed by atoms with E-state index in [0.717, 1.165) is 26.1 Å². The largest absolute Gasteiger partial charge is 0.355 e. The quantitative estimate of drug-likeness (QED) is 0.141. The summed E-state index contributed by atoms with van der Waals surface area (Å²) in [6.07, 6.45) is 26.0. The highest BCUT2D eigenvalue weighted by Gasteiger charge is 1.90. The Morgan fingerprint density at radius 2 is 1.00 bits per heavy atom. The van der Waals surface area contributed by atoms with Gasteiger partial charge >= 0.3 is 0 Å². The van der Waals surface area contributed by atoms with E-state index in [1.165, 1.54) is 70.6 Å². The number of hydrogen-bond donors (Lipinski definition) is 0. The molecular formula is C22H42O2. The zero-order valence-electron chi connectivity index (χ0n) is 16.4. The van der Waals surface area contributed by atoms with E-state index in [1.54, 1.807) is 0 Å². The van der Waals surface area contributed by atoms with Crippen LogP contribution < -0.4 is 0 Å². The van der Waals surface area contributed by atoms with Crippen molar-refractivity contribution in [1.29, 1.82) is 0 Å². The fraction of sp³-hybridized carbons (Fsp3) is 0.818. The second kappa shape index (κ2) is 22.4. The third kappa shape index (κ3) is 21.4. The Hall–Kier alpha value is -0.600. The van der Waals surface area contributed by atoms with Crippen LogP contribution in [0.25, 0.3) is 0 Å². The lowest BCUT2D eigenvalue weighted by atomic mass is 10.1. The Morgan fingerprint density at radius 3 is 1.58 bits per heavy atom. The number of allylic oxidation sites excluding steroid dienone is 3. The summed E-state index contributed by atoms with van der Waals surface area (Å²) >= 11 is 0. The van der Waals surface area contributed by atoms with E-state index in [4.69, 9.17) is 9.47 Å². The topological polar surface area (TPSA) is 18.5 Å². The minimum absolute atomic E-state index is 0.441. The molecule has 0 unspecified atom stereocenters. The molecule has 0 atom stereocenters. The van der Waals surface area contributed by atoms with Gasteiger partial charge in [-0.15, -0.1) is 0 Å². The molecule has 0 amide bonds. The molecule has 0 saturated heterocycles. The molecule has 0 radical (unpaired) electrons. The van der Waals surface area contributed by atoms with Crippen LogP contribution in [-0.4, -0.2) is 20.0 Å². The van der Waals surface area contributed by atoms with Crippen LogP contribution in [0, 0.1) is 0 Å². The van der Waals surface area contributed by atoms with Crippen LogP contribution in [0.15, 0.2) is 24.3 Å². The summed E-state index contributed by atoms with van der Waals surface area (Å²) in [5.41, 5.74) is 0. The van der Waals surface area contributed by atoms with Crippen LogP contribution in [0.4, 0.5) is 0 Å². The molecule has 0 aliphatic rings. The molecule has 0 heterocycles. The van der Waals surface area contributed by atoms with E-state index in [2.05, 4.69) is 38.2 Å². The van der Waals surface area contributed by atoms with Gasteiger partial charge in [0, 0.05) is 6.61 Å². The van der Waals surface area contributed by atoms with Gasteiger partial charge in [0.2, 0.25) is 0 Å². The van der Waals surface area contributed by atoms with Crippen molar-refractivity contribution >= 4 is 0 Å². The highest BCUT2D eigenvalue weighted by Crippen LogP contribution is 2.09. The molecule has 0 bridgehead atoms. The van der Waals surface area contributed by atoms with Gasteiger partial charge in [-0.2, -0.15) is 0 Å². The average Bonchev–Trinajstić information content (AvgIpc) is 2.60. The minimum Gasteiger partial charge on any atom is -0.355 e. The zero-order valence-corrected chi connectivity index (χ0v) is 16.4. The summed E-state index contributed by atoms with van der Waals surface area (Å²) in [5, 5.41) is 0. The van der Waals surface area contributed by atoms with Gasteiger partial charge < -0.3 is 9.47 Å². The first-order chi connectivity index (χ1) is 11.9. The van der Waals surface area contributed by atoms with Gasteiger partial charge in [-0.25, -0.2) is 0 Å². The normalized spacial score (nSPS) is 11.9. The van der Waals surface area contributed by atoms with Crippen LogP contribution in [0.3, 0.4) is 0 Å². The summed E-state index contributed by atoms with van der Waals surface area (Å²) < 4.78 is 10.6. The molecule has 0 aromatic rings. The second-order valence-electron chi connectivity index (χ2n) is 6.51. The van der Waals surface area contributed by atoms with Crippen LogP contribution in [-0.2, 0) is 9.47 Å². The van der Waals surface area contributed by atoms with Crippen molar-refractivity contribution in [2.75, 3.05) is 20.0 Å². The standard InChI is InChI=1S/C22H42O2/c1-3-5-6-7-8-9-10-11-12-13-14-15-16-17-18-19-21-24-22-23-20-4-2/h7-8,17-18H,3-6,9-16,19-22H2,1-2H3/b8-7-,18-17-. The highest BCUT2D eigenvalue weighted by atomic mass is 16.7. The minimum atomic E-state index is 0.441. The van der Waals surface area contributed by atoms with Crippen molar-refractivity contribution in [3.63, 3.8) is 0 Å².